The smallest absolute Gasteiger partial charge is 0.191 e. The van der Waals surface area contributed by atoms with Crippen LogP contribution < -0.4 is 10.6 Å². The molecule has 1 saturated heterocycles. The Labute approximate surface area is 183 Å². The summed E-state index contributed by atoms with van der Waals surface area (Å²) in [6.07, 6.45) is 1.01. The number of nitrogens with zero attached hydrogens (tertiary/aromatic N) is 3. The summed E-state index contributed by atoms with van der Waals surface area (Å²) < 4.78 is 0. The zero-order valence-electron chi connectivity index (χ0n) is 17.7. The van der Waals surface area contributed by atoms with Crippen molar-refractivity contribution in [2.45, 2.75) is 40.2 Å². The van der Waals surface area contributed by atoms with Crippen molar-refractivity contribution in [3.63, 3.8) is 0 Å². The van der Waals surface area contributed by atoms with Gasteiger partial charge < -0.3 is 15.5 Å². The highest BCUT2D eigenvalue weighted by atomic mass is 127. The molecule has 27 heavy (non-hydrogen) atoms. The molecule has 0 aliphatic carbocycles. The van der Waals surface area contributed by atoms with Crippen molar-refractivity contribution in [1.29, 1.82) is 0 Å². The Balaban J connectivity index is 0.00000364. The lowest BCUT2D eigenvalue weighted by Crippen LogP contribution is -2.53. The molecule has 1 aromatic rings. The number of halogens is 1. The molecule has 0 spiro atoms. The van der Waals surface area contributed by atoms with Gasteiger partial charge in [-0.25, -0.2) is 0 Å². The third-order valence-corrected chi connectivity index (χ3v) is 5.25. The van der Waals surface area contributed by atoms with Gasteiger partial charge in [0.15, 0.2) is 5.96 Å². The average molecular weight is 487 g/mol. The number of nitrogens with one attached hydrogen (secondary N) is 2. The van der Waals surface area contributed by atoms with Crippen molar-refractivity contribution in [3.05, 3.63) is 34.9 Å². The first-order valence-electron chi connectivity index (χ1n) is 10.00. The molecule has 2 rings (SSSR count). The number of guanidine groups is 1. The molecule has 0 radical (unpaired) electrons. The molecule has 154 valence electrons. The zero-order chi connectivity index (χ0) is 18.9. The number of rotatable bonds is 7. The molecule has 1 aliphatic heterocycles. The highest BCUT2D eigenvalue weighted by Gasteiger charge is 2.20. The van der Waals surface area contributed by atoms with Crippen LogP contribution in [0.1, 0.15) is 30.5 Å². The van der Waals surface area contributed by atoms with Gasteiger partial charge in [0.2, 0.25) is 0 Å². The molecule has 1 aliphatic rings. The molecule has 0 amide bonds. The van der Waals surface area contributed by atoms with Gasteiger partial charge in [0, 0.05) is 52.4 Å². The van der Waals surface area contributed by atoms with Gasteiger partial charge in [-0.2, -0.15) is 0 Å². The van der Waals surface area contributed by atoms with E-state index in [1.807, 2.05) is 7.05 Å². The number of aliphatic imine (C=N–C) groups is 1. The molecule has 1 aromatic carbocycles. The van der Waals surface area contributed by atoms with Gasteiger partial charge in [0.05, 0.1) is 0 Å². The molecule has 6 heteroatoms. The summed E-state index contributed by atoms with van der Waals surface area (Å²) in [5.74, 6) is 0.897. The van der Waals surface area contributed by atoms with E-state index >= 15 is 0 Å². The maximum Gasteiger partial charge on any atom is 0.191 e. The summed E-state index contributed by atoms with van der Waals surface area (Å²) >= 11 is 0. The van der Waals surface area contributed by atoms with Crippen LogP contribution in [0.4, 0.5) is 0 Å². The second-order valence-corrected chi connectivity index (χ2v) is 7.45. The summed E-state index contributed by atoms with van der Waals surface area (Å²) in [6, 6.07) is 7.28. The van der Waals surface area contributed by atoms with E-state index < -0.39 is 0 Å². The fraction of sp³-hybridized carbons (Fsp3) is 0.667. The molecular weight excluding hydrogens is 449 g/mol. The molecule has 0 aromatic heterocycles. The van der Waals surface area contributed by atoms with Gasteiger partial charge in [-0.15, -0.1) is 24.0 Å². The van der Waals surface area contributed by atoms with E-state index in [4.69, 9.17) is 0 Å². The molecule has 1 heterocycles. The summed E-state index contributed by atoms with van der Waals surface area (Å²) in [4.78, 5) is 9.45. The number of piperazine rings is 1. The lowest BCUT2D eigenvalue weighted by molar-refractivity contribution is 0.107. The Bertz CT molecular complexity index is 562. The molecule has 0 saturated carbocycles. The van der Waals surface area contributed by atoms with E-state index in [1.165, 1.54) is 29.8 Å². The predicted molar refractivity (Wildman–Crippen MR) is 128 cm³/mol. The van der Waals surface area contributed by atoms with Gasteiger partial charge in [-0.1, -0.05) is 36.2 Å². The maximum atomic E-state index is 4.36. The number of hydrogen-bond donors (Lipinski definition) is 2. The number of likely N-dealkylation sites (N-methyl/N-ethyl adjacent to an activating group) is 1. The van der Waals surface area contributed by atoms with Crippen molar-refractivity contribution < 1.29 is 0 Å². The van der Waals surface area contributed by atoms with Crippen molar-refractivity contribution in [2.75, 3.05) is 52.9 Å². The zero-order valence-corrected chi connectivity index (χ0v) is 20.0. The Morgan fingerprint density at radius 3 is 2.26 bits per heavy atom. The fourth-order valence-electron chi connectivity index (χ4n) is 3.65. The summed E-state index contributed by atoms with van der Waals surface area (Å²) in [7, 11) is 1.84. The third kappa shape index (κ3) is 8.35. The van der Waals surface area contributed by atoms with Gasteiger partial charge in [-0.05, 0) is 39.3 Å². The van der Waals surface area contributed by atoms with Crippen molar-refractivity contribution in [2.24, 2.45) is 4.99 Å². The van der Waals surface area contributed by atoms with Gasteiger partial charge in [0.25, 0.3) is 0 Å². The van der Waals surface area contributed by atoms with E-state index in [-0.39, 0.29) is 24.0 Å². The number of benzene rings is 1. The molecule has 1 atom stereocenters. The van der Waals surface area contributed by atoms with Crippen LogP contribution in [0.15, 0.2) is 23.2 Å². The number of hydrogen-bond acceptors (Lipinski definition) is 3. The largest absolute Gasteiger partial charge is 0.356 e. The highest BCUT2D eigenvalue weighted by molar-refractivity contribution is 14.0. The van der Waals surface area contributed by atoms with E-state index in [0.29, 0.717) is 6.04 Å². The minimum atomic E-state index is 0. The third-order valence-electron chi connectivity index (χ3n) is 5.25. The molecule has 1 unspecified atom stereocenters. The van der Waals surface area contributed by atoms with Crippen molar-refractivity contribution >= 4 is 29.9 Å². The first-order valence-corrected chi connectivity index (χ1v) is 10.00. The maximum absolute atomic E-state index is 4.36. The van der Waals surface area contributed by atoms with Gasteiger partial charge in [0.1, 0.15) is 0 Å². The lowest BCUT2D eigenvalue weighted by Gasteiger charge is -2.37. The Morgan fingerprint density at radius 1 is 1.07 bits per heavy atom. The van der Waals surface area contributed by atoms with Gasteiger partial charge in [-0.3, -0.25) is 9.89 Å². The normalized spacial score (nSPS) is 17.3. The molecule has 0 bridgehead atoms. The van der Waals surface area contributed by atoms with Gasteiger partial charge >= 0.3 is 0 Å². The molecule has 2 N–H and O–H groups in total. The van der Waals surface area contributed by atoms with Crippen LogP contribution in [0, 0.1) is 13.8 Å². The predicted octanol–water partition coefficient (Wildman–Crippen LogP) is 2.65. The SMILES string of the molecule is CCN1CCN(C(C)CNC(=NC)NCCc2cc(C)cc(C)c2)CC1.I. The first kappa shape index (κ1) is 24.2. The Hall–Kier alpha value is -0.860. The summed E-state index contributed by atoms with van der Waals surface area (Å²) in [5.41, 5.74) is 4.05. The minimum absolute atomic E-state index is 0. The number of aryl methyl sites for hydroxylation is 2. The topological polar surface area (TPSA) is 42.9 Å². The van der Waals surface area contributed by atoms with Crippen LogP contribution in [0.25, 0.3) is 0 Å². The van der Waals surface area contributed by atoms with Crippen LogP contribution in [0.3, 0.4) is 0 Å². The average Bonchev–Trinajstić information content (AvgIpc) is 2.63. The van der Waals surface area contributed by atoms with Crippen LogP contribution in [-0.4, -0.2) is 74.7 Å². The van der Waals surface area contributed by atoms with Crippen LogP contribution in [-0.2, 0) is 6.42 Å². The van der Waals surface area contributed by atoms with Crippen LogP contribution >= 0.6 is 24.0 Å². The molecular formula is C21H38IN5. The molecule has 1 fully saturated rings. The second kappa shape index (κ2) is 12.6. The van der Waals surface area contributed by atoms with E-state index in [1.54, 1.807) is 0 Å². The van der Waals surface area contributed by atoms with Crippen LogP contribution in [0.2, 0.25) is 0 Å². The van der Waals surface area contributed by atoms with Crippen LogP contribution in [0.5, 0.6) is 0 Å². The van der Waals surface area contributed by atoms with E-state index in [0.717, 1.165) is 45.1 Å². The Morgan fingerprint density at radius 2 is 1.70 bits per heavy atom. The van der Waals surface area contributed by atoms with Crippen molar-refractivity contribution in [3.8, 4) is 0 Å². The fourth-order valence-corrected chi connectivity index (χ4v) is 3.65. The first-order chi connectivity index (χ1) is 12.5. The quantitative estimate of drug-likeness (QED) is 0.353. The monoisotopic (exact) mass is 487 g/mol. The summed E-state index contributed by atoms with van der Waals surface area (Å²) in [6.45, 7) is 16.5. The summed E-state index contributed by atoms with van der Waals surface area (Å²) in [5, 5.41) is 6.93. The molecule has 5 nitrogen and oxygen atoms in total. The standard InChI is InChI=1S/C21H37N5.HI/c1-6-25-9-11-26(12-10-25)19(4)16-24-21(22-5)23-8-7-20-14-17(2)13-18(3)15-20;/h13-15,19H,6-12,16H2,1-5H3,(H2,22,23,24);1H. The lowest BCUT2D eigenvalue weighted by atomic mass is 10.1. The minimum Gasteiger partial charge on any atom is -0.356 e. The second-order valence-electron chi connectivity index (χ2n) is 7.45. The Kier molecular flexibility index (Phi) is 11.3. The van der Waals surface area contributed by atoms with E-state index in [2.05, 4.69) is 71.3 Å². The van der Waals surface area contributed by atoms with E-state index in [9.17, 15) is 0 Å². The van der Waals surface area contributed by atoms with Crippen molar-refractivity contribution in [1.82, 2.24) is 20.4 Å². The highest BCUT2D eigenvalue weighted by Crippen LogP contribution is 2.09.